The van der Waals surface area contributed by atoms with Crippen LogP contribution in [0.3, 0.4) is 0 Å². The summed E-state index contributed by atoms with van der Waals surface area (Å²) in [6, 6.07) is 0. The van der Waals surface area contributed by atoms with E-state index in [0.29, 0.717) is 0 Å². The molecule has 16 heavy (non-hydrogen) atoms. The molecule has 0 bridgehead atoms. The highest BCUT2D eigenvalue weighted by Gasteiger charge is 1.98. The zero-order valence-electron chi connectivity index (χ0n) is 10.1. The van der Waals surface area contributed by atoms with Gasteiger partial charge in [0, 0.05) is 53.7 Å². The summed E-state index contributed by atoms with van der Waals surface area (Å²) in [6.45, 7) is 6.68. The number of nitrogens with zero attached hydrogens (tertiary/aromatic N) is 2. The molecule has 1 aromatic heterocycles. The molecule has 1 heterocycles. The van der Waals surface area contributed by atoms with Crippen molar-refractivity contribution in [2.75, 3.05) is 18.1 Å². The van der Waals surface area contributed by atoms with E-state index in [-0.39, 0.29) is 0 Å². The van der Waals surface area contributed by atoms with E-state index in [0.717, 1.165) is 37.6 Å². The van der Waals surface area contributed by atoms with E-state index in [9.17, 15) is 4.21 Å². The van der Waals surface area contributed by atoms with Crippen LogP contribution in [0, 0.1) is 0 Å². The molecule has 1 atom stereocenters. The summed E-state index contributed by atoms with van der Waals surface area (Å²) in [5, 5.41) is 7.53. The Morgan fingerprint density at radius 3 is 3.00 bits per heavy atom. The first kappa shape index (κ1) is 13.4. The van der Waals surface area contributed by atoms with E-state index in [1.54, 1.807) is 0 Å². The lowest BCUT2D eigenvalue weighted by Gasteiger charge is -2.01. The summed E-state index contributed by atoms with van der Waals surface area (Å²) in [5.41, 5.74) is 1.19. The molecule has 0 amide bonds. The quantitative estimate of drug-likeness (QED) is 0.697. The molecule has 1 N–H and O–H groups in total. The van der Waals surface area contributed by atoms with Crippen molar-refractivity contribution in [3.05, 3.63) is 18.0 Å². The van der Waals surface area contributed by atoms with Crippen molar-refractivity contribution in [2.24, 2.45) is 0 Å². The molecule has 5 heteroatoms. The Bertz CT molecular complexity index is 325. The van der Waals surface area contributed by atoms with Crippen LogP contribution in [0.4, 0.5) is 0 Å². The highest BCUT2D eigenvalue weighted by atomic mass is 32.2. The number of nitrogens with one attached hydrogen (secondary N) is 1. The summed E-state index contributed by atoms with van der Waals surface area (Å²) >= 11 is 0. The molecule has 0 aromatic carbocycles. The van der Waals surface area contributed by atoms with E-state index in [2.05, 4.69) is 23.5 Å². The van der Waals surface area contributed by atoms with Gasteiger partial charge in [-0.15, -0.1) is 0 Å². The number of hydrogen-bond acceptors (Lipinski definition) is 3. The van der Waals surface area contributed by atoms with Gasteiger partial charge in [0.2, 0.25) is 0 Å². The minimum absolute atomic E-state index is 0.666. The molecular formula is C11H21N3OS. The predicted molar refractivity (Wildman–Crippen MR) is 67.8 cm³/mol. The molecule has 0 saturated carbocycles. The lowest BCUT2D eigenvalue weighted by molar-refractivity contribution is 0.601. The largest absolute Gasteiger partial charge is 0.312 e. The van der Waals surface area contributed by atoms with E-state index in [1.165, 1.54) is 5.56 Å². The fourth-order valence-corrected chi connectivity index (χ4v) is 2.07. The van der Waals surface area contributed by atoms with Crippen LogP contribution in [0.1, 0.15) is 25.8 Å². The number of aromatic nitrogens is 2. The second-order valence-corrected chi connectivity index (χ2v) is 5.59. The second-order valence-electron chi connectivity index (χ2n) is 3.72. The molecular weight excluding hydrogens is 222 g/mol. The zero-order valence-corrected chi connectivity index (χ0v) is 10.9. The van der Waals surface area contributed by atoms with Gasteiger partial charge in [-0.25, -0.2) is 0 Å². The molecule has 0 spiro atoms. The van der Waals surface area contributed by atoms with Crippen molar-refractivity contribution in [1.29, 1.82) is 0 Å². The minimum atomic E-state index is -0.666. The monoisotopic (exact) mass is 243 g/mol. The SMILES string of the molecule is CCCn1cc(CNCCS(=O)CC)cn1. The van der Waals surface area contributed by atoms with Gasteiger partial charge in [0.1, 0.15) is 0 Å². The Labute approximate surface area is 99.9 Å². The normalized spacial score (nSPS) is 12.9. The fourth-order valence-electron chi connectivity index (χ4n) is 1.41. The molecule has 1 rings (SSSR count). The molecule has 92 valence electrons. The van der Waals surface area contributed by atoms with Crippen molar-refractivity contribution in [3.8, 4) is 0 Å². The molecule has 0 aliphatic rings. The first-order valence-corrected chi connectivity index (χ1v) is 7.32. The first-order chi connectivity index (χ1) is 7.76. The van der Waals surface area contributed by atoms with Gasteiger partial charge in [-0.1, -0.05) is 13.8 Å². The highest BCUT2D eigenvalue weighted by Crippen LogP contribution is 1.98. The minimum Gasteiger partial charge on any atom is -0.312 e. The van der Waals surface area contributed by atoms with Gasteiger partial charge in [-0.2, -0.15) is 5.10 Å². The van der Waals surface area contributed by atoms with Crippen molar-refractivity contribution in [1.82, 2.24) is 15.1 Å². The van der Waals surface area contributed by atoms with Crippen molar-refractivity contribution < 1.29 is 4.21 Å². The maximum atomic E-state index is 11.2. The Morgan fingerprint density at radius 1 is 1.50 bits per heavy atom. The third-order valence-electron chi connectivity index (χ3n) is 2.30. The van der Waals surface area contributed by atoms with Gasteiger partial charge >= 0.3 is 0 Å². The van der Waals surface area contributed by atoms with Gasteiger partial charge in [0.15, 0.2) is 0 Å². The third-order valence-corrected chi connectivity index (χ3v) is 3.60. The van der Waals surface area contributed by atoms with Crippen molar-refractivity contribution in [3.63, 3.8) is 0 Å². The summed E-state index contributed by atoms with van der Waals surface area (Å²) in [5.74, 6) is 1.48. The molecule has 1 aromatic rings. The van der Waals surface area contributed by atoms with E-state index in [1.807, 2.05) is 17.8 Å². The number of rotatable bonds is 8. The summed E-state index contributed by atoms with van der Waals surface area (Å²) < 4.78 is 13.1. The van der Waals surface area contributed by atoms with Crippen LogP contribution in [0.2, 0.25) is 0 Å². The first-order valence-electron chi connectivity index (χ1n) is 5.83. The van der Waals surface area contributed by atoms with Gasteiger partial charge < -0.3 is 5.32 Å². The fraction of sp³-hybridized carbons (Fsp3) is 0.727. The van der Waals surface area contributed by atoms with Gasteiger partial charge in [-0.05, 0) is 6.42 Å². The molecule has 4 nitrogen and oxygen atoms in total. The maximum absolute atomic E-state index is 11.2. The number of aryl methyl sites for hydroxylation is 1. The Balaban J connectivity index is 2.19. The average molecular weight is 243 g/mol. The maximum Gasteiger partial charge on any atom is 0.0534 e. The van der Waals surface area contributed by atoms with E-state index >= 15 is 0 Å². The van der Waals surface area contributed by atoms with Crippen LogP contribution < -0.4 is 5.32 Å². The van der Waals surface area contributed by atoms with Crippen LogP contribution in [0.5, 0.6) is 0 Å². The number of hydrogen-bond donors (Lipinski definition) is 1. The molecule has 0 radical (unpaired) electrons. The Morgan fingerprint density at radius 2 is 2.31 bits per heavy atom. The second kappa shape index (κ2) is 7.57. The summed E-state index contributed by atoms with van der Waals surface area (Å²) in [4.78, 5) is 0. The highest BCUT2D eigenvalue weighted by molar-refractivity contribution is 7.84. The average Bonchev–Trinajstić information content (AvgIpc) is 2.72. The molecule has 0 aliphatic carbocycles. The van der Waals surface area contributed by atoms with Crippen LogP contribution in [0.15, 0.2) is 12.4 Å². The van der Waals surface area contributed by atoms with Crippen LogP contribution in [-0.4, -0.2) is 32.0 Å². The van der Waals surface area contributed by atoms with Gasteiger partial charge in [0.25, 0.3) is 0 Å². The van der Waals surface area contributed by atoms with E-state index in [4.69, 9.17) is 0 Å². The van der Waals surface area contributed by atoms with Crippen molar-refractivity contribution in [2.45, 2.75) is 33.4 Å². The zero-order chi connectivity index (χ0) is 11.8. The third kappa shape index (κ3) is 4.90. The van der Waals surface area contributed by atoms with E-state index < -0.39 is 10.8 Å². The molecule has 1 unspecified atom stereocenters. The van der Waals surface area contributed by atoms with Crippen molar-refractivity contribution >= 4 is 10.8 Å². The topological polar surface area (TPSA) is 46.9 Å². The van der Waals surface area contributed by atoms with Gasteiger partial charge in [0.05, 0.1) is 6.20 Å². The standard InChI is InChI=1S/C11H21N3OS/c1-3-6-14-10-11(9-13-14)8-12-5-7-16(15)4-2/h9-10,12H,3-8H2,1-2H3. The predicted octanol–water partition coefficient (Wildman–Crippen LogP) is 1.15. The Hall–Kier alpha value is -0.680. The van der Waals surface area contributed by atoms with Gasteiger partial charge in [-0.3, -0.25) is 8.89 Å². The smallest absolute Gasteiger partial charge is 0.0534 e. The van der Waals surface area contributed by atoms with Crippen LogP contribution >= 0.6 is 0 Å². The lowest BCUT2D eigenvalue weighted by atomic mass is 10.3. The molecule has 0 saturated heterocycles. The molecule has 0 aliphatic heterocycles. The lowest BCUT2D eigenvalue weighted by Crippen LogP contribution is -2.20. The van der Waals surface area contributed by atoms with Crippen LogP contribution in [-0.2, 0) is 23.9 Å². The Kier molecular flexibility index (Phi) is 6.33. The van der Waals surface area contributed by atoms with Crippen LogP contribution in [0.25, 0.3) is 0 Å². The molecule has 0 fully saturated rings. The summed E-state index contributed by atoms with van der Waals surface area (Å²) in [7, 11) is -0.666. The summed E-state index contributed by atoms with van der Waals surface area (Å²) in [6.07, 6.45) is 5.05.